The summed E-state index contributed by atoms with van der Waals surface area (Å²) < 4.78 is 11.1. The average Bonchev–Trinajstić information content (AvgIpc) is 2.66. The Balaban J connectivity index is 1.91. The van der Waals surface area contributed by atoms with Crippen molar-refractivity contribution in [2.45, 2.75) is 44.9 Å². The summed E-state index contributed by atoms with van der Waals surface area (Å²) in [5.41, 5.74) is 6.30. The predicted molar refractivity (Wildman–Crippen MR) is 75.7 cm³/mol. The van der Waals surface area contributed by atoms with Crippen molar-refractivity contribution < 1.29 is 14.3 Å². The van der Waals surface area contributed by atoms with Crippen molar-refractivity contribution in [1.29, 1.82) is 0 Å². The first kappa shape index (κ1) is 13.6. The minimum Gasteiger partial charge on any atom is -0.444 e. The third-order valence-corrected chi connectivity index (χ3v) is 4.42. The van der Waals surface area contributed by atoms with Crippen molar-refractivity contribution >= 4 is 22.6 Å². The number of nitrogens with zero attached hydrogens (tertiary/aromatic N) is 2. The Hall–Kier alpha value is -1.34. The lowest BCUT2D eigenvalue weighted by atomic mass is 9.97. The number of hydrogen-bond donors (Lipinski definition) is 1. The van der Waals surface area contributed by atoms with Gasteiger partial charge in [0.1, 0.15) is 5.60 Å². The quantitative estimate of drug-likeness (QED) is 0.792. The van der Waals surface area contributed by atoms with Gasteiger partial charge in [0.05, 0.1) is 35.9 Å². The fourth-order valence-electron chi connectivity index (χ4n) is 2.69. The van der Waals surface area contributed by atoms with Crippen LogP contribution in [0.2, 0.25) is 0 Å². The van der Waals surface area contributed by atoms with E-state index in [1.165, 1.54) is 11.3 Å². The average molecular weight is 297 g/mol. The van der Waals surface area contributed by atoms with E-state index in [4.69, 9.17) is 15.2 Å². The summed E-state index contributed by atoms with van der Waals surface area (Å²) in [6.45, 7) is 6.61. The Morgan fingerprint density at radius 1 is 1.50 bits per heavy atom. The highest BCUT2D eigenvalue weighted by atomic mass is 32.1. The van der Waals surface area contributed by atoms with E-state index >= 15 is 0 Å². The fourth-order valence-corrected chi connectivity index (χ4v) is 3.64. The largest absolute Gasteiger partial charge is 0.444 e. The number of ether oxygens (including phenoxy) is 2. The number of carbonyl (C=O) groups is 1. The molecule has 6 nitrogen and oxygen atoms in total. The molecule has 2 unspecified atom stereocenters. The number of fused-ring (bicyclic) bond motifs is 4. The summed E-state index contributed by atoms with van der Waals surface area (Å²) in [6.07, 6.45) is 0.395. The van der Waals surface area contributed by atoms with Crippen LogP contribution >= 0.6 is 11.3 Å². The van der Waals surface area contributed by atoms with Crippen LogP contribution in [0.5, 0.6) is 0 Å². The van der Waals surface area contributed by atoms with Crippen LogP contribution < -0.4 is 5.73 Å². The molecule has 0 saturated carbocycles. The molecule has 3 heterocycles. The monoisotopic (exact) mass is 297 g/mol. The molecule has 0 aromatic carbocycles. The molecule has 1 amide bonds. The van der Waals surface area contributed by atoms with Crippen molar-refractivity contribution in [1.82, 2.24) is 9.88 Å². The van der Waals surface area contributed by atoms with Crippen LogP contribution in [0, 0.1) is 0 Å². The van der Waals surface area contributed by atoms with Crippen LogP contribution in [0.15, 0.2) is 0 Å². The lowest BCUT2D eigenvalue weighted by Gasteiger charge is -2.44. The molecule has 1 aromatic heterocycles. The number of anilines is 1. The van der Waals surface area contributed by atoms with Crippen LogP contribution in [-0.2, 0) is 15.9 Å². The Labute approximate surface area is 121 Å². The van der Waals surface area contributed by atoms with E-state index in [2.05, 4.69) is 4.98 Å². The van der Waals surface area contributed by atoms with Gasteiger partial charge in [0.25, 0.3) is 0 Å². The number of nitrogen functional groups attached to an aromatic ring is 1. The lowest BCUT2D eigenvalue weighted by Crippen LogP contribution is -2.55. The van der Waals surface area contributed by atoms with Gasteiger partial charge in [-0.2, -0.15) is 0 Å². The van der Waals surface area contributed by atoms with Crippen molar-refractivity contribution in [3.63, 3.8) is 0 Å². The Kier molecular flexibility index (Phi) is 3.13. The summed E-state index contributed by atoms with van der Waals surface area (Å²) in [5, 5.41) is 0.548. The van der Waals surface area contributed by atoms with Crippen LogP contribution in [0.4, 0.5) is 9.93 Å². The molecule has 2 aliphatic rings. The van der Waals surface area contributed by atoms with Crippen molar-refractivity contribution in [2.75, 3.05) is 18.9 Å². The number of aromatic nitrogens is 1. The highest BCUT2D eigenvalue weighted by Crippen LogP contribution is 2.40. The number of rotatable bonds is 0. The van der Waals surface area contributed by atoms with E-state index in [0.29, 0.717) is 24.8 Å². The summed E-state index contributed by atoms with van der Waals surface area (Å²) in [7, 11) is 0. The first-order chi connectivity index (χ1) is 9.35. The molecular formula is C13H19N3O3S. The van der Waals surface area contributed by atoms with Crippen LogP contribution in [-0.4, -0.2) is 40.8 Å². The van der Waals surface area contributed by atoms with Gasteiger partial charge in [0.2, 0.25) is 0 Å². The first-order valence-electron chi connectivity index (χ1n) is 6.69. The van der Waals surface area contributed by atoms with E-state index in [1.54, 1.807) is 4.90 Å². The molecule has 7 heteroatoms. The third-order valence-electron chi connectivity index (χ3n) is 3.40. The number of carbonyl (C=O) groups excluding carboxylic acids is 1. The van der Waals surface area contributed by atoms with Gasteiger partial charge in [-0.05, 0) is 20.8 Å². The van der Waals surface area contributed by atoms with Crippen LogP contribution in [0.1, 0.15) is 37.4 Å². The molecule has 0 aliphatic carbocycles. The molecule has 1 saturated heterocycles. The molecule has 1 aromatic rings. The molecule has 20 heavy (non-hydrogen) atoms. The predicted octanol–water partition coefficient (Wildman–Crippen LogP) is 1.96. The third kappa shape index (κ3) is 2.35. The zero-order valence-corrected chi connectivity index (χ0v) is 12.7. The number of nitrogens with two attached hydrogens (primary N) is 1. The van der Waals surface area contributed by atoms with Crippen molar-refractivity contribution in [3.8, 4) is 0 Å². The van der Waals surface area contributed by atoms with Gasteiger partial charge in [-0.1, -0.05) is 11.3 Å². The van der Waals surface area contributed by atoms with E-state index in [1.807, 2.05) is 20.8 Å². The van der Waals surface area contributed by atoms with Crippen LogP contribution in [0.3, 0.4) is 0 Å². The molecule has 2 bridgehead atoms. The summed E-state index contributed by atoms with van der Waals surface area (Å²) in [5.74, 6) is 0. The van der Waals surface area contributed by atoms with E-state index < -0.39 is 5.60 Å². The maximum atomic E-state index is 12.4. The fraction of sp³-hybridized carbons (Fsp3) is 0.692. The van der Waals surface area contributed by atoms with Crippen molar-refractivity contribution in [3.05, 3.63) is 10.6 Å². The topological polar surface area (TPSA) is 77.7 Å². The number of thiazole rings is 1. The van der Waals surface area contributed by atoms with Gasteiger partial charge in [0, 0.05) is 6.42 Å². The minimum absolute atomic E-state index is 0.0161. The molecular weight excluding hydrogens is 278 g/mol. The number of morpholine rings is 1. The second-order valence-electron chi connectivity index (χ2n) is 6.16. The molecule has 2 aliphatic heterocycles. The Morgan fingerprint density at radius 2 is 2.25 bits per heavy atom. The standard InChI is InChI=1S/C13H19N3O3S/c1-13(2,3)19-12(17)16-7-4-8-10(20-11(14)15-8)9(16)6-18-5-7/h7,9H,4-6H2,1-3H3,(H2,14,15). The second kappa shape index (κ2) is 4.60. The van der Waals surface area contributed by atoms with E-state index in [-0.39, 0.29) is 18.2 Å². The zero-order valence-electron chi connectivity index (χ0n) is 11.9. The smallest absolute Gasteiger partial charge is 0.411 e. The normalized spacial score (nSPS) is 25.2. The maximum Gasteiger partial charge on any atom is 0.411 e. The summed E-state index contributed by atoms with van der Waals surface area (Å²) in [4.78, 5) is 19.6. The zero-order chi connectivity index (χ0) is 14.5. The molecule has 3 rings (SSSR count). The summed E-state index contributed by atoms with van der Waals surface area (Å²) in [6, 6.07) is -0.139. The summed E-state index contributed by atoms with van der Waals surface area (Å²) >= 11 is 1.44. The van der Waals surface area contributed by atoms with Gasteiger partial charge in [-0.15, -0.1) is 0 Å². The van der Waals surface area contributed by atoms with Crippen molar-refractivity contribution in [2.24, 2.45) is 0 Å². The highest BCUT2D eigenvalue weighted by molar-refractivity contribution is 7.15. The molecule has 110 valence electrons. The number of amides is 1. The van der Waals surface area contributed by atoms with E-state index in [9.17, 15) is 4.79 Å². The second-order valence-corrected chi connectivity index (χ2v) is 7.22. The van der Waals surface area contributed by atoms with Crippen LogP contribution in [0.25, 0.3) is 0 Å². The highest BCUT2D eigenvalue weighted by Gasteiger charge is 2.44. The lowest BCUT2D eigenvalue weighted by molar-refractivity contribution is -0.0666. The van der Waals surface area contributed by atoms with Gasteiger partial charge in [0.15, 0.2) is 5.13 Å². The minimum atomic E-state index is -0.501. The van der Waals surface area contributed by atoms with E-state index in [0.717, 1.165) is 10.6 Å². The molecule has 0 radical (unpaired) electrons. The van der Waals surface area contributed by atoms with Gasteiger partial charge < -0.3 is 15.2 Å². The molecule has 0 spiro atoms. The molecule has 2 N–H and O–H groups in total. The number of hydrogen-bond acceptors (Lipinski definition) is 6. The Morgan fingerprint density at radius 3 is 2.95 bits per heavy atom. The van der Waals surface area contributed by atoms with Gasteiger partial charge in [-0.3, -0.25) is 4.90 Å². The molecule has 2 atom stereocenters. The Bertz CT molecular complexity index is 537. The first-order valence-corrected chi connectivity index (χ1v) is 7.51. The molecule has 1 fully saturated rings. The SMILES string of the molecule is CC(C)(C)OC(=O)N1C2COCC1c1sc(N)nc1C2. The van der Waals surface area contributed by atoms with Gasteiger partial charge >= 0.3 is 6.09 Å². The maximum absolute atomic E-state index is 12.4. The van der Waals surface area contributed by atoms with Gasteiger partial charge in [-0.25, -0.2) is 9.78 Å².